The van der Waals surface area contributed by atoms with Crippen LogP contribution >= 0.6 is 0 Å². The third-order valence-corrected chi connectivity index (χ3v) is 7.75. The van der Waals surface area contributed by atoms with Crippen LogP contribution in [0, 0.1) is 11.3 Å². The molecule has 2 aromatic carbocycles. The van der Waals surface area contributed by atoms with E-state index in [-0.39, 0.29) is 5.97 Å². The quantitative estimate of drug-likeness (QED) is 0.473. The average Bonchev–Trinajstić information content (AvgIpc) is 3.53. The Hall–Kier alpha value is -2.43. The van der Waals surface area contributed by atoms with Crippen LogP contribution in [0.15, 0.2) is 60.2 Å². The lowest BCUT2D eigenvalue weighted by Crippen LogP contribution is -2.65. The molecule has 3 fully saturated rings. The predicted octanol–water partition coefficient (Wildman–Crippen LogP) is 6.08. The number of hydrogen-bond acceptors (Lipinski definition) is 4. The van der Waals surface area contributed by atoms with Crippen LogP contribution in [-0.4, -0.2) is 41.6 Å². The minimum atomic E-state index is -0.464. The monoisotopic (exact) mass is 472 g/mol. The van der Waals surface area contributed by atoms with E-state index in [1.807, 2.05) is 32.9 Å². The summed E-state index contributed by atoms with van der Waals surface area (Å²) in [7, 11) is 0. The van der Waals surface area contributed by atoms with Crippen LogP contribution < -0.4 is 5.32 Å². The summed E-state index contributed by atoms with van der Waals surface area (Å²) in [6.45, 7) is 11.3. The van der Waals surface area contributed by atoms with Crippen LogP contribution in [0.1, 0.15) is 74.9 Å². The molecular weight excluding hydrogens is 432 g/mol. The van der Waals surface area contributed by atoms with E-state index < -0.39 is 5.60 Å². The lowest BCUT2D eigenvalue weighted by Gasteiger charge is -2.59. The van der Waals surface area contributed by atoms with Crippen molar-refractivity contribution < 1.29 is 9.53 Å². The maximum Gasteiger partial charge on any atom is 0.338 e. The van der Waals surface area contributed by atoms with E-state index in [1.54, 1.807) is 5.57 Å². The molecule has 2 atom stereocenters. The second-order valence-corrected chi connectivity index (χ2v) is 12.0. The Bertz CT molecular complexity index is 1050. The van der Waals surface area contributed by atoms with Crippen molar-refractivity contribution in [2.75, 3.05) is 13.1 Å². The van der Waals surface area contributed by atoms with Crippen molar-refractivity contribution in [2.45, 2.75) is 77.6 Å². The Morgan fingerprint density at radius 1 is 1.09 bits per heavy atom. The fraction of sp³-hybridized carbons (Fsp3) is 0.516. The molecule has 1 N–H and O–H groups in total. The number of rotatable bonds is 8. The molecule has 5 rings (SSSR count). The second-order valence-electron chi connectivity index (χ2n) is 12.0. The van der Waals surface area contributed by atoms with Crippen LogP contribution in [0.25, 0.3) is 6.08 Å². The highest BCUT2D eigenvalue weighted by Crippen LogP contribution is 2.50. The van der Waals surface area contributed by atoms with Crippen molar-refractivity contribution in [1.29, 1.82) is 0 Å². The molecule has 2 aliphatic carbocycles. The zero-order valence-electron chi connectivity index (χ0n) is 21.7. The summed E-state index contributed by atoms with van der Waals surface area (Å²) >= 11 is 0. The first-order valence-corrected chi connectivity index (χ1v) is 13.3. The van der Waals surface area contributed by atoms with Crippen molar-refractivity contribution in [2.24, 2.45) is 11.3 Å². The number of carbonyl (C=O) groups is 1. The number of nitrogens with zero attached hydrogens (tertiary/aromatic N) is 1. The van der Waals surface area contributed by atoms with Gasteiger partial charge in [0.2, 0.25) is 0 Å². The second kappa shape index (κ2) is 9.55. The summed E-state index contributed by atoms with van der Waals surface area (Å²) in [5, 5.41) is 3.96. The van der Waals surface area contributed by atoms with Gasteiger partial charge in [-0.1, -0.05) is 61.0 Å². The van der Waals surface area contributed by atoms with Gasteiger partial charge in [-0.3, -0.25) is 4.90 Å². The summed E-state index contributed by atoms with van der Waals surface area (Å²) in [6, 6.07) is 20.0. The molecule has 0 amide bonds. The van der Waals surface area contributed by atoms with Crippen LogP contribution in [0.3, 0.4) is 0 Å². The predicted molar refractivity (Wildman–Crippen MR) is 142 cm³/mol. The first-order chi connectivity index (χ1) is 16.7. The van der Waals surface area contributed by atoms with Gasteiger partial charge in [0.1, 0.15) is 5.60 Å². The summed E-state index contributed by atoms with van der Waals surface area (Å²) in [5.74, 6) is 0.470. The number of esters is 1. The van der Waals surface area contributed by atoms with Gasteiger partial charge in [-0.15, -0.1) is 0 Å². The molecule has 2 unspecified atom stereocenters. The molecule has 1 saturated heterocycles. The molecule has 4 heteroatoms. The first-order valence-electron chi connectivity index (χ1n) is 13.3. The van der Waals surface area contributed by atoms with E-state index in [2.05, 4.69) is 65.7 Å². The molecule has 0 radical (unpaired) electrons. The van der Waals surface area contributed by atoms with Crippen LogP contribution in [0.4, 0.5) is 0 Å². The maximum atomic E-state index is 12.2. The number of carbonyl (C=O) groups excluding carboxylic acids is 1. The van der Waals surface area contributed by atoms with Gasteiger partial charge in [-0.05, 0) is 81.0 Å². The molecular formula is C31H40N2O2. The van der Waals surface area contributed by atoms with Crippen LogP contribution in [-0.2, 0) is 11.3 Å². The van der Waals surface area contributed by atoms with Gasteiger partial charge in [0.05, 0.1) is 5.56 Å². The summed E-state index contributed by atoms with van der Waals surface area (Å²) in [4.78, 5) is 14.8. The Morgan fingerprint density at radius 3 is 2.40 bits per heavy atom. The van der Waals surface area contributed by atoms with E-state index in [9.17, 15) is 4.79 Å². The van der Waals surface area contributed by atoms with Crippen molar-refractivity contribution in [3.63, 3.8) is 0 Å². The number of likely N-dealkylation sites (tertiary alicyclic amines) is 1. The van der Waals surface area contributed by atoms with E-state index in [4.69, 9.17) is 4.74 Å². The highest BCUT2D eigenvalue weighted by atomic mass is 16.6. The van der Waals surface area contributed by atoms with Crippen molar-refractivity contribution >= 4 is 12.0 Å². The standard InChI is InChI=1S/C31H40N2O2/c1-5-24(15-22-9-7-6-8-10-22)27-16-28(27)32-26-17-31(18-26)20-33(21-31)19-23-11-13-25(14-12-23)29(34)35-30(2,3)4/h6-15,26-28,32H,5,16-21H2,1-4H3/b24-15+. The van der Waals surface area contributed by atoms with E-state index in [0.717, 1.165) is 18.9 Å². The molecule has 1 aliphatic heterocycles. The molecule has 1 spiro atoms. The molecule has 2 aromatic rings. The highest BCUT2D eigenvalue weighted by molar-refractivity contribution is 5.89. The molecule has 0 aromatic heterocycles. The number of ether oxygens (including phenoxy) is 1. The number of benzene rings is 2. The van der Waals surface area contributed by atoms with Gasteiger partial charge in [0.25, 0.3) is 0 Å². The number of nitrogens with one attached hydrogen (secondary N) is 1. The van der Waals surface area contributed by atoms with E-state index in [1.165, 1.54) is 43.5 Å². The van der Waals surface area contributed by atoms with E-state index >= 15 is 0 Å². The third-order valence-electron chi connectivity index (χ3n) is 7.75. The normalized spacial score (nSPS) is 24.1. The van der Waals surface area contributed by atoms with Crippen molar-refractivity contribution in [3.8, 4) is 0 Å². The van der Waals surface area contributed by atoms with Gasteiger partial charge in [-0.2, -0.15) is 0 Å². The van der Waals surface area contributed by atoms with E-state index in [0.29, 0.717) is 23.1 Å². The van der Waals surface area contributed by atoms with Gasteiger partial charge in [0.15, 0.2) is 0 Å². The Morgan fingerprint density at radius 2 is 1.77 bits per heavy atom. The van der Waals surface area contributed by atoms with Crippen molar-refractivity contribution in [1.82, 2.24) is 10.2 Å². The van der Waals surface area contributed by atoms with Gasteiger partial charge in [-0.25, -0.2) is 4.79 Å². The highest BCUT2D eigenvalue weighted by Gasteiger charge is 2.53. The minimum absolute atomic E-state index is 0.250. The average molecular weight is 473 g/mol. The lowest BCUT2D eigenvalue weighted by atomic mass is 9.60. The lowest BCUT2D eigenvalue weighted by molar-refractivity contribution is -0.0834. The van der Waals surface area contributed by atoms with Crippen molar-refractivity contribution in [3.05, 3.63) is 76.9 Å². The zero-order chi connectivity index (χ0) is 24.6. The minimum Gasteiger partial charge on any atom is -0.456 e. The Labute approximate surface area is 210 Å². The van der Waals surface area contributed by atoms with Crippen LogP contribution in [0.2, 0.25) is 0 Å². The Balaban J connectivity index is 1.03. The zero-order valence-corrected chi connectivity index (χ0v) is 21.7. The Kier molecular flexibility index (Phi) is 6.63. The topological polar surface area (TPSA) is 41.6 Å². The third kappa shape index (κ3) is 5.87. The summed E-state index contributed by atoms with van der Waals surface area (Å²) in [5.41, 5.74) is 4.88. The van der Waals surface area contributed by atoms with Gasteiger partial charge < -0.3 is 10.1 Å². The maximum absolute atomic E-state index is 12.2. The molecule has 4 nitrogen and oxygen atoms in total. The molecule has 0 bridgehead atoms. The number of hydrogen-bond donors (Lipinski definition) is 1. The summed E-state index contributed by atoms with van der Waals surface area (Å²) < 4.78 is 5.46. The summed E-state index contributed by atoms with van der Waals surface area (Å²) in [6.07, 6.45) is 7.46. The molecule has 186 valence electrons. The smallest absolute Gasteiger partial charge is 0.338 e. The fourth-order valence-corrected chi connectivity index (χ4v) is 6.04. The molecule has 2 saturated carbocycles. The largest absolute Gasteiger partial charge is 0.456 e. The molecule has 1 heterocycles. The SMILES string of the molecule is CC/C(=C\c1ccccc1)C1CC1NC1CC2(C1)CN(Cc1ccc(C(=O)OC(C)(C)C)cc1)C2. The first kappa shape index (κ1) is 24.3. The fourth-order valence-electron chi connectivity index (χ4n) is 6.04. The van der Waals surface area contributed by atoms with Crippen LogP contribution in [0.5, 0.6) is 0 Å². The molecule has 3 aliphatic rings. The van der Waals surface area contributed by atoms with Gasteiger partial charge in [0, 0.05) is 31.7 Å². The molecule has 35 heavy (non-hydrogen) atoms. The van der Waals surface area contributed by atoms with Gasteiger partial charge >= 0.3 is 5.97 Å².